The highest BCUT2D eigenvalue weighted by Gasteiger charge is 2.51. The number of hydrogen-bond acceptors (Lipinski definition) is 7. The summed E-state index contributed by atoms with van der Waals surface area (Å²) >= 11 is 0. The number of anilines is 1. The van der Waals surface area contributed by atoms with E-state index in [0.717, 1.165) is 77.2 Å². The summed E-state index contributed by atoms with van der Waals surface area (Å²) in [6, 6.07) is 1.82. The number of nitrogens with zero attached hydrogens (tertiary/aromatic N) is 5. The average Bonchev–Trinajstić information content (AvgIpc) is 3.22. The number of aliphatic hydroxyl groups is 1. The maximum Gasteiger partial charge on any atom is 0.258 e. The summed E-state index contributed by atoms with van der Waals surface area (Å²) in [5.74, 6) is 0.311. The Morgan fingerprint density at radius 2 is 1.66 bits per heavy atom. The van der Waals surface area contributed by atoms with Crippen LogP contribution in [0.15, 0.2) is 18.5 Å². The van der Waals surface area contributed by atoms with Gasteiger partial charge in [0.2, 0.25) is 11.9 Å². The second-order valence-electron chi connectivity index (χ2n) is 8.62. The molecule has 1 spiro atoms. The first-order chi connectivity index (χ1) is 14.1. The summed E-state index contributed by atoms with van der Waals surface area (Å²) in [5.41, 5.74) is -0.479. The Bertz CT molecular complexity index is 714. The third-order valence-electron chi connectivity index (χ3n) is 6.80. The van der Waals surface area contributed by atoms with Crippen molar-refractivity contribution in [1.82, 2.24) is 19.8 Å². The quantitative estimate of drug-likeness (QED) is 0.563. The Hall–Kier alpha value is -2.06. The highest BCUT2D eigenvalue weighted by atomic mass is 16.3. The summed E-state index contributed by atoms with van der Waals surface area (Å²) in [5, 5.41) is 10.5. The van der Waals surface area contributed by atoms with Crippen LogP contribution in [0, 0.1) is 5.41 Å². The number of rotatable bonds is 6. The molecule has 0 aromatic carbocycles. The lowest BCUT2D eigenvalue weighted by molar-refractivity contribution is -0.166. The molecule has 3 heterocycles. The van der Waals surface area contributed by atoms with Crippen LogP contribution >= 0.6 is 0 Å². The van der Waals surface area contributed by atoms with Gasteiger partial charge < -0.3 is 10.0 Å². The first kappa shape index (κ1) is 20.2. The van der Waals surface area contributed by atoms with Crippen LogP contribution in [-0.4, -0.2) is 82.1 Å². The third kappa shape index (κ3) is 4.28. The summed E-state index contributed by atoms with van der Waals surface area (Å²) in [6.45, 7) is 5.10. The third-order valence-corrected chi connectivity index (χ3v) is 6.80. The molecule has 2 amide bonds. The first-order valence-corrected chi connectivity index (χ1v) is 10.9. The van der Waals surface area contributed by atoms with Gasteiger partial charge in [-0.3, -0.25) is 19.4 Å². The van der Waals surface area contributed by atoms with E-state index in [4.69, 9.17) is 0 Å². The first-order valence-electron chi connectivity index (χ1n) is 10.9. The Labute approximate surface area is 171 Å². The number of carbonyl (C=O) groups is 2. The van der Waals surface area contributed by atoms with Crippen molar-refractivity contribution in [2.45, 2.75) is 51.0 Å². The van der Waals surface area contributed by atoms with Gasteiger partial charge in [-0.2, -0.15) is 0 Å². The van der Waals surface area contributed by atoms with Crippen molar-refractivity contribution in [2.75, 3.05) is 44.2 Å². The zero-order chi connectivity index (χ0) is 20.3. The fourth-order valence-electron chi connectivity index (χ4n) is 5.02. The van der Waals surface area contributed by atoms with Crippen LogP contribution in [0.2, 0.25) is 0 Å². The maximum atomic E-state index is 12.6. The van der Waals surface area contributed by atoms with E-state index in [1.54, 1.807) is 12.4 Å². The van der Waals surface area contributed by atoms with E-state index >= 15 is 0 Å². The summed E-state index contributed by atoms with van der Waals surface area (Å²) in [4.78, 5) is 39.7. The second kappa shape index (κ2) is 8.75. The molecule has 1 aromatic heterocycles. The molecule has 8 nitrogen and oxygen atoms in total. The van der Waals surface area contributed by atoms with Gasteiger partial charge in [0, 0.05) is 57.0 Å². The largest absolute Gasteiger partial charge is 0.383 e. The molecule has 29 heavy (non-hydrogen) atoms. The van der Waals surface area contributed by atoms with Crippen molar-refractivity contribution in [3.8, 4) is 0 Å². The van der Waals surface area contributed by atoms with Gasteiger partial charge in [0.1, 0.15) is 6.10 Å². The molecule has 158 valence electrons. The van der Waals surface area contributed by atoms with Crippen molar-refractivity contribution in [2.24, 2.45) is 5.41 Å². The van der Waals surface area contributed by atoms with Crippen LogP contribution in [0.25, 0.3) is 0 Å². The van der Waals surface area contributed by atoms with Crippen molar-refractivity contribution < 1.29 is 14.7 Å². The van der Waals surface area contributed by atoms with E-state index in [1.165, 1.54) is 4.90 Å². The summed E-state index contributed by atoms with van der Waals surface area (Å²) in [7, 11) is 0. The molecule has 2 aliphatic heterocycles. The number of unbranched alkanes of at least 4 members (excludes halogenated alkanes) is 1. The molecule has 1 atom stereocenters. The molecule has 4 rings (SSSR count). The highest BCUT2D eigenvalue weighted by Crippen LogP contribution is 2.47. The molecule has 0 radical (unpaired) electrons. The monoisotopic (exact) mass is 401 g/mol. The lowest BCUT2D eigenvalue weighted by atomic mass is 9.74. The second-order valence-corrected chi connectivity index (χ2v) is 8.62. The molecule has 0 bridgehead atoms. The average molecular weight is 402 g/mol. The van der Waals surface area contributed by atoms with Crippen molar-refractivity contribution >= 4 is 17.8 Å². The fourth-order valence-corrected chi connectivity index (χ4v) is 5.02. The van der Waals surface area contributed by atoms with Crippen LogP contribution in [0.1, 0.15) is 44.9 Å². The van der Waals surface area contributed by atoms with Gasteiger partial charge >= 0.3 is 0 Å². The molecule has 2 saturated heterocycles. The molecular weight excluding hydrogens is 370 g/mol. The maximum absolute atomic E-state index is 12.6. The zero-order valence-electron chi connectivity index (χ0n) is 17.0. The molecule has 1 saturated carbocycles. The number of piperazine rings is 1. The van der Waals surface area contributed by atoms with Gasteiger partial charge in [0.05, 0.1) is 0 Å². The topological polar surface area (TPSA) is 89.9 Å². The molecular formula is C21H31N5O3. The number of likely N-dealkylation sites (tertiary alicyclic amines) is 1. The van der Waals surface area contributed by atoms with Crippen molar-refractivity contribution in [3.05, 3.63) is 18.5 Å². The number of aromatic nitrogens is 2. The van der Waals surface area contributed by atoms with Gasteiger partial charge in [-0.05, 0) is 38.3 Å². The smallest absolute Gasteiger partial charge is 0.258 e. The normalized spacial score (nSPS) is 25.2. The number of imide groups is 1. The van der Waals surface area contributed by atoms with Crippen molar-refractivity contribution in [1.29, 1.82) is 0 Å². The Morgan fingerprint density at radius 1 is 1.00 bits per heavy atom. The van der Waals surface area contributed by atoms with E-state index < -0.39 is 11.5 Å². The number of hydrogen-bond donors (Lipinski definition) is 1. The number of amides is 2. The molecule has 1 aromatic rings. The molecule has 1 N–H and O–H groups in total. The lowest BCUT2D eigenvalue weighted by Crippen LogP contribution is -2.56. The van der Waals surface area contributed by atoms with Crippen molar-refractivity contribution in [3.63, 3.8) is 0 Å². The Balaban J connectivity index is 1.18. The molecule has 8 heteroatoms. The Kier molecular flexibility index (Phi) is 6.10. The number of carbonyl (C=O) groups excluding carboxylic acids is 2. The van der Waals surface area contributed by atoms with Crippen LogP contribution in [0.4, 0.5) is 5.95 Å². The van der Waals surface area contributed by atoms with E-state index in [1.807, 2.05) is 6.07 Å². The molecule has 0 unspecified atom stereocenters. The molecule has 3 aliphatic rings. The van der Waals surface area contributed by atoms with Crippen LogP contribution in [0.3, 0.4) is 0 Å². The van der Waals surface area contributed by atoms with E-state index in [-0.39, 0.29) is 11.8 Å². The fraction of sp³-hybridized carbons (Fsp3) is 0.714. The lowest BCUT2D eigenvalue weighted by Gasteiger charge is -2.41. The van der Waals surface area contributed by atoms with E-state index in [0.29, 0.717) is 13.0 Å². The Morgan fingerprint density at radius 3 is 2.34 bits per heavy atom. The molecule has 3 fully saturated rings. The SMILES string of the molecule is O=C1CC2(CCCC2)[C@H](O)C(=O)N1CCCCN1CCN(c2ncccn2)CC1. The molecule has 1 aliphatic carbocycles. The minimum absolute atomic E-state index is 0.0984. The minimum Gasteiger partial charge on any atom is -0.383 e. The highest BCUT2D eigenvalue weighted by molar-refractivity contribution is 6.01. The summed E-state index contributed by atoms with van der Waals surface area (Å²) in [6.07, 6.45) is 8.15. The predicted molar refractivity (Wildman–Crippen MR) is 108 cm³/mol. The predicted octanol–water partition coefficient (Wildman–Crippen LogP) is 1.06. The number of piperidine rings is 1. The van der Waals surface area contributed by atoms with Crippen LogP contribution in [-0.2, 0) is 9.59 Å². The van der Waals surface area contributed by atoms with Gasteiger partial charge in [-0.25, -0.2) is 9.97 Å². The van der Waals surface area contributed by atoms with Gasteiger partial charge in [-0.15, -0.1) is 0 Å². The van der Waals surface area contributed by atoms with Crippen LogP contribution < -0.4 is 4.90 Å². The van der Waals surface area contributed by atoms with Gasteiger partial charge in [0.15, 0.2) is 0 Å². The van der Waals surface area contributed by atoms with Gasteiger partial charge in [-0.1, -0.05) is 12.8 Å². The summed E-state index contributed by atoms with van der Waals surface area (Å²) < 4.78 is 0. The standard InChI is InChI=1S/C21H31N5O3/c27-17-16-21(6-1-2-7-21)18(28)19(29)26(17)11-4-3-10-24-12-14-25(15-13-24)20-22-8-5-9-23-20/h5,8-9,18,28H,1-4,6-7,10-16H2/t18-/m1/s1. The van der Waals surface area contributed by atoms with Crippen LogP contribution in [0.5, 0.6) is 0 Å². The van der Waals surface area contributed by atoms with Gasteiger partial charge in [0.25, 0.3) is 5.91 Å². The van der Waals surface area contributed by atoms with E-state index in [9.17, 15) is 14.7 Å². The number of aliphatic hydroxyl groups excluding tert-OH is 1. The minimum atomic E-state index is -1.00. The zero-order valence-corrected chi connectivity index (χ0v) is 17.0. The van der Waals surface area contributed by atoms with E-state index in [2.05, 4.69) is 19.8 Å².